The van der Waals surface area contributed by atoms with Crippen molar-refractivity contribution >= 4 is 0 Å². The summed E-state index contributed by atoms with van der Waals surface area (Å²) >= 11 is 0. The van der Waals surface area contributed by atoms with Crippen LogP contribution in [0.2, 0.25) is 0 Å². The van der Waals surface area contributed by atoms with Gasteiger partial charge < -0.3 is 15.0 Å². The number of nitrogens with one attached hydrogen (secondary N) is 1. The van der Waals surface area contributed by atoms with Gasteiger partial charge in [-0.25, -0.2) is 0 Å². The molecular weight excluding hydrogens is 272 g/mol. The van der Waals surface area contributed by atoms with Crippen molar-refractivity contribution < 1.29 is 4.74 Å². The molecule has 3 heteroatoms. The van der Waals surface area contributed by atoms with Gasteiger partial charge in [0.25, 0.3) is 0 Å². The first kappa shape index (κ1) is 16.5. The summed E-state index contributed by atoms with van der Waals surface area (Å²) in [7, 11) is 5.93. The highest BCUT2D eigenvalue weighted by Gasteiger charge is 2.14. The van der Waals surface area contributed by atoms with E-state index in [-0.39, 0.29) is 0 Å². The van der Waals surface area contributed by atoms with Crippen LogP contribution in [0.15, 0.2) is 48.5 Å². The summed E-state index contributed by atoms with van der Waals surface area (Å²) in [6.07, 6.45) is 0. The number of hydrogen-bond donors (Lipinski definition) is 1. The smallest absolute Gasteiger partial charge is 0.119 e. The van der Waals surface area contributed by atoms with Crippen LogP contribution in [0.25, 0.3) is 0 Å². The van der Waals surface area contributed by atoms with Crippen molar-refractivity contribution in [3.05, 3.63) is 65.2 Å². The molecule has 3 nitrogen and oxygen atoms in total. The number of benzene rings is 2. The van der Waals surface area contributed by atoms with Crippen LogP contribution in [0.4, 0.5) is 0 Å². The van der Waals surface area contributed by atoms with Crippen molar-refractivity contribution in [1.29, 1.82) is 0 Å². The molecular formula is C19H26N2O. The van der Waals surface area contributed by atoms with Gasteiger partial charge in [-0.15, -0.1) is 0 Å². The molecule has 0 amide bonds. The van der Waals surface area contributed by atoms with Gasteiger partial charge in [-0.3, -0.25) is 0 Å². The topological polar surface area (TPSA) is 24.5 Å². The summed E-state index contributed by atoms with van der Waals surface area (Å²) in [4.78, 5) is 2.23. The Labute approximate surface area is 133 Å². The molecule has 0 saturated heterocycles. The van der Waals surface area contributed by atoms with Gasteiger partial charge in [0.2, 0.25) is 0 Å². The molecule has 2 aromatic carbocycles. The van der Waals surface area contributed by atoms with Crippen LogP contribution in [0, 0.1) is 6.92 Å². The molecule has 2 aromatic rings. The van der Waals surface area contributed by atoms with Crippen molar-refractivity contribution in [3.63, 3.8) is 0 Å². The van der Waals surface area contributed by atoms with E-state index in [1.54, 1.807) is 7.11 Å². The van der Waals surface area contributed by atoms with Crippen molar-refractivity contribution in [3.8, 4) is 5.75 Å². The largest absolute Gasteiger partial charge is 0.497 e. The molecule has 1 unspecified atom stereocenters. The van der Waals surface area contributed by atoms with Crippen LogP contribution in [0.1, 0.15) is 22.7 Å². The summed E-state index contributed by atoms with van der Waals surface area (Å²) in [5.74, 6) is 0.905. The number of methoxy groups -OCH3 is 1. The molecule has 0 aromatic heterocycles. The molecule has 1 N–H and O–H groups in total. The van der Waals surface area contributed by atoms with Crippen LogP contribution in [-0.2, 0) is 6.54 Å². The number of rotatable bonds is 7. The summed E-state index contributed by atoms with van der Waals surface area (Å²) < 4.78 is 5.33. The maximum atomic E-state index is 5.33. The zero-order valence-corrected chi connectivity index (χ0v) is 14.0. The number of likely N-dealkylation sites (N-methyl/N-ethyl adjacent to an activating group) is 1. The third kappa shape index (κ3) is 4.58. The Morgan fingerprint density at radius 3 is 2.45 bits per heavy atom. The summed E-state index contributed by atoms with van der Waals surface area (Å²) in [6.45, 7) is 3.89. The van der Waals surface area contributed by atoms with Crippen LogP contribution < -0.4 is 10.1 Å². The molecule has 0 bridgehead atoms. The Balaban J connectivity index is 1.98. The van der Waals surface area contributed by atoms with Crippen LogP contribution in [0.5, 0.6) is 5.75 Å². The van der Waals surface area contributed by atoms with Crippen LogP contribution in [-0.4, -0.2) is 32.6 Å². The van der Waals surface area contributed by atoms with E-state index >= 15 is 0 Å². The molecule has 0 aliphatic heterocycles. The lowest BCUT2D eigenvalue weighted by atomic mass is 10.1. The Hall–Kier alpha value is -1.84. The lowest BCUT2D eigenvalue weighted by molar-refractivity contribution is 0.287. The first-order valence-corrected chi connectivity index (χ1v) is 7.67. The zero-order chi connectivity index (χ0) is 15.9. The summed E-state index contributed by atoms with van der Waals surface area (Å²) in [5, 5.41) is 3.56. The number of nitrogens with zero attached hydrogens (tertiary/aromatic N) is 1. The third-order valence-corrected chi connectivity index (χ3v) is 3.89. The second kappa shape index (κ2) is 7.97. The van der Waals surface area contributed by atoms with Crippen LogP contribution >= 0.6 is 0 Å². The van der Waals surface area contributed by atoms with E-state index < -0.39 is 0 Å². The fraction of sp³-hybridized carbons (Fsp3) is 0.368. The number of ether oxygens (including phenoxy) is 1. The van der Waals surface area contributed by atoms with Gasteiger partial charge in [0, 0.05) is 19.1 Å². The molecule has 2 rings (SSSR count). The SMILES string of the molecule is COc1cccc(C(CNCc2ccc(C)cc2)N(C)C)c1. The van der Waals surface area contributed by atoms with E-state index in [0.717, 1.165) is 18.8 Å². The average molecular weight is 298 g/mol. The van der Waals surface area contributed by atoms with E-state index in [9.17, 15) is 0 Å². The molecule has 0 saturated carbocycles. The second-order valence-electron chi connectivity index (χ2n) is 5.87. The average Bonchev–Trinajstić information content (AvgIpc) is 2.53. The second-order valence-corrected chi connectivity index (χ2v) is 5.87. The molecule has 118 valence electrons. The van der Waals surface area contributed by atoms with Crippen molar-refractivity contribution in [1.82, 2.24) is 10.2 Å². The normalized spacial score (nSPS) is 12.4. The Kier molecular flexibility index (Phi) is 5.99. The van der Waals surface area contributed by atoms with Crippen molar-refractivity contribution in [2.45, 2.75) is 19.5 Å². The minimum absolute atomic E-state index is 0.320. The zero-order valence-electron chi connectivity index (χ0n) is 14.0. The van der Waals surface area contributed by atoms with Crippen molar-refractivity contribution in [2.75, 3.05) is 27.7 Å². The first-order chi connectivity index (χ1) is 10.6. The fourth-order valence-electron chi connectivity index (χ4n) is 2.51. The standard InChI is InChI=1S/C19H26N2O/c1-15-8-10-16(11-9-15)13-20-14-19(21(2)3)17-6-5-7-18(12-17)22-4/h5-12,19-20H,13-14H2,1-4H3. The molecule has 0 aliphatic carbocycles. The third-order valence-electron chi connectivity index (χ3n) is 3.89. The molecule has 0 fully saturated rings. The van der Waals surface area contributed by atoms with E-state index in [2.05, 4.69) is 67.6 Å². The lowest BCUT2D eigenvalue weighted by Crippen LogP contribution is -2.30. The van der Waals surface area contributed by atoms with Gasteiger partial charge >= 0.3 is 0 Å². The molecule has 0 radical (unpaired) electrons. The molecule has 0 aliphatic rings. The van der Waals surface area contributed by atoms with Crippen molar-refractivity contribution in [2.24, 2.45) is 0 Å². The highest BCUT2D eigenvalue weighted by molar-refractivity contribution is 5.30. The minimum Gasteiger partial charge on any atom is -0.497 e. The lowest BCUT2D eigenvalue weighted by Gasteiger charge is -2.25. The van der Waals surface area contributed by atoms with E-state index in [1.807, 2.05) is 12.1 Å². The summed E-state index contributed by atoms with van der Waals surface area (Å²) in [6, 6.07) is 17.3. The fourth-order valence-corrected chi connectivity index (χ4v) is 2.51. The number of aryl methyl sites for hydroxylation is 1. The Morgan fingerprint density at radius 1 is 1.09 bits per heavy atom. The van der Waals surface area contributed by atoms with E-state index in [1.165, 1.54) is 16.7 Å². The van der Waals surface area contributed by atoms with Crippen LogP contribution in [0.3, 0.4) is 0 Å². The van der Waals surface area contributed by atoms with Gasteiger partial charge in [-0.2, -0.15) is 0 Å². The maximum absolute atomic E-state index is 5.33. The molecule has 22 heavy (non-hydrogen) atoms. The Morgan fingerprint density at radius 2 is 1.82 bits per heavy atom. The van der Waals surface area contributed by atoms with Gasteiger partial charge in [0.15, 0.2) is 0 Å². The van der Waals surface area contributed by atoms with E-state index in [0.29, 0.717) is 6.04 Å². The molecule has 1 atom stereocenters. The minimum atomic E-state index is 0.320. The van der Waals surface area contributed by atoms with Gasteiger partial charge in [0.05, 0.1) is 7.11 Å². The predicted molar refractivity (Wildman–Crippen MR) is 92.3 cm³/mol. The van der Waals surface area contributed by atoms with Gasteiger partial charge in [-0.1, -0.05) is 42.0 Å². The monoisotopic (exact) mass is 298 g/mol. The maximum Gasteiger partial charge on any atom is 0.119 e. The molecule has 0 spiro atoms. The Bertz CT molecular complexity index is 578. The number of hydrogen-bond acceptors (Lipinski definition) is 3. The quantitative estimate of drug-likeness (QED) is 0.848. The highest BCUT2D eigenvalue weighted by Crippen LogP contribution is 2.22. The first-order valence-electron chi connectivity index (χ1n) is 7.67. The predicted octanol–water partition coefficient (Wildman–Crippen LogP) is 3.40. The molecule has 0 heterocycles. The summed E-state index contributed by atoms with van der Waals surface area (Å²) in [5.41, 5.74) is 3.88. The van der Waals surface area contributed by atoms with Gasteiger partial charge in [-0.05, 0) is 44.3 Å². The van der Waals surface area contributed by atoms with E-state index in [4.69, 9.17) is 4.74 Å². The highest BCUT2D eigenvalue weighted by atomic mass is 16.5. The van der Waals surface area contributed by atoms with Gasteiger partial charge in [0.1, 0.15) is 5.75 Å².